The minimum atomic E-state index is -5.33. The maximum absolute atomic E-state index is 12.8. The summed E-state index contributed by atoms with van der Waals surface area (Å²) in [4.78, 5) is 22.8. The number of alkyl halides is 3. The van der Waals surface area contributed by atoms with Crippen molar-refractivity contribution in [3.05, 3.63) is 29.8 Å². The molecule has 2 N–H and O–H groups in total. The fraction of sp³-hybridized carbons (Fsp3) is 0.385. The van der Waals surface area contributed by atoms with Gasteiger partial charge in [0.15, 0.2) is 0 Å². The largest absolute Gasteiger partial charge is 0.467 e. The van der Waals surface area contributed by atoms with Crippen LogP contribution in [0.4, 0.5) is 18.9 Å². The number of nitrogens with one attached hydrogen (secondary N) is 1. The zero-order valence-corrected chi connectivity index (χ0v) is 11.3. The van der Waals surface area contributed by atoms with E-state index in [4.69, 9.17) is 0 Å². The van der Waals surface area contributed by atoms with Gasteiger partial charge in [-0.3, -0.25) is 4.79 Å². The number of hydrogen-bond acceptors (Lipinski definition) is 4. The Labute approximate surface area is 118 Å². The Morgan fingerprint density at radius 1 is 1.29 bits per heavy atom. The molecule has 0 aliphatic rings. The van der Waals surface area contributed by atoms with Gasteiger partial charge < -0.3 is 15.2 Å². The zero-order chi connectivity index (χ0) is 16.3. The third-order valence-electron chi connectivity index (χ3n) is 2.83. The van der Waals surface area contributed by atoms with Gasteiger partial charge in [0, 0.05) is 5.69 Å². The standard InChI is InChI=1S/C13H14F3NO4/c1-8-5-3-4-6-9(8)17-10(18)7-12(20,11(19)21-2)13(14,15)16/h3-6,20H,7H2,1-2H3,(H,17,18)/t12-/m0/s1. The van der Waals surface area contributed by atoms with Crippen molar-refractivity contribution >= 4 is 17.6 Å². The lowest BCUT2D eigenvalue weighted by Gasteiger charge is -2.27. The molecule has 1 aromatic rings. The van der Waals surface area contributed by atoms with Crippen molar-refractivity contribution in [3.8, 4) is 0 Å². The van der Waals surface area contributed by atoms with E-state index in [2.05, 4.69) is 10.1 Å². The summed E-state index contributed by atoms with van der Waals surface area (Å²) in [5, 5.41) is 11.7. The first kappa shape index (κ1) is 17.0. The Kier molecular flexibility index (Phi) is 4.95. The first-order valence-corrected chi connectivity index (χ1v) is 5.85. The lowest BCUT2D eigenvalue weighted by Crippen LogP contribution is -2.54. The predicted molar refractivity (Wildman–Crippen MR) is 67.4 cm³/mol. The molecule has 0 radical (unpaired) electrons. The van der Waals surface area contributed by atoms with Gasteiger partial charge in [-0.2, -0.15) is 13.2 Å². The van der Waals surface area contributed by atoms with Crippen LogP contribution in [0.15, 0.2) is 24.3 Å². The van der Waals surface area contributed by atoms with E-state index in [1.54, 1.807) is 25.1 Å². The molecule has 1 rings (SSSR count). The van der Waals surface area contributed by atoms with Crippen LogP contribution < -0.4 is 5.32 Å². The van der Waals surface area contributed by atoms with Crippen molar-refractivity contribution in [2.75, 3.05) is 12.4 Å². The van der Waals surface area contributed by atoms with Crippen LogP contribution in [-0.4, -0.2) is 35.9 Å². The quantitative estimate of drug-likeness (QED) is 0.832. The molecule has 0 saturated carbocycles. The minimum Gasteiger partial charge on any atom is -0.467 e. The lowest BCUT2D eigenvalue weighted by molar-refractivity contribution is -0.261. The number of para-hydroxylation sites is 1. The molecule has 0 unspecified atom stereocenters. The first-order valence-electron chi connectivity index (χ1n) is 5.85. The smallest absolute Gasteiger partial charge is 0.428 e. The Morgan fingerprint density at radius 2 is 1.86 bits per heavy atom. The number of esters is 1. The molecule has 1 aromatic carbocycles. The van der Waals surface area contributed by atoms with Gasteiger partial charge in [0.2, 0.25) is 5.91 Å². The minimum absolute atomic E-state index is 0.289. The molecule has 0 heterocycles. The number of carbonyl (C=O) groups is 2. The number of rotatable bonds is 4. The van der Waals surface area contributed by atoms with Gasteiger partial charge in [0.1, 0.15) is 0 Å². The lowest BCUT2D eigenvalue weighted by atomic mass is 9.98. The van der Waals surface area contributed by atoms with Crippen LogP contribution >= 0.6 is 0 Å². The molecule has 0 bridgehead atoms. The van der Waals surface area contributed by atoms with Gasteiger partial charge in [-0.05, 0) is 18.6 Å². The Hall–Kier alpha value is -2.09. The first-order chi connectivity index (χ1) is 9.61. The fourth-order valence-corrected chi connectivity index (χ4v) is 1.60. The van der Waals surface area contributed by atoms with Crippen molar-refractivity contribution in [2.45, 2.75) is 25.1 Å². The summed E-state index contributed by atoms with van der Waals surface area (Å²) in [6.07, 6.45) is -6.82. The van der Waals surface area contributed by atoms with E-state index in [9.17, 15) is 27.9 Å². The molecule has 0 aromatic heterocycles. The van der Waals surface area contributed by atoms with Crippen molar-refractivity contribution in [1.29, 1.82) is 0 Å². The molecule has 1 amide bonds. The summed E-state index contributed by atoms with van der Waals surface area (Å²) in [6.45, 7) is 1.64. The Bertz CT molecular complexity index is 544. The van der Waals surface area contributed by atoms with Crippen molar-refractivity contribution in [2.24, 2.45) is 0 Å². The highest BCUT2D eigenvalue weighted by molar-refractivity contribution is 5.96. The van der Waals surface area contributed by atoms with E-state index in [0.717, 1.165) is 0 Å². The number of aliphatic hydroxyl groups is 1. The number of hydrogen-bond donors (Lipinski definition) is 2. The van der Waals surface area contributed by atoms with E-state index in [0.29, 0.717) is 12.7 Å². The Balaban J connectivity index is 2.93. The van der Waals surface area contributed by atoms with Crippen molar-refractivity contribution < 1.29 is 32.6 Å². The number of carbonyl (C=O) groups excluding carboxylic acids is 2. The molecule has 0 spiro atoms. The number of anilines is 1. The van der Waals surface area contributed by atoms with Crippen LogP contribution in [0, 0.1) is 6.92 Å². The molecule has 21 heavy (non-hydrogen) atoms. The molecule has 5 nitrogen and oxygen atoms in total. The van der Waals surface area contributed by atoms with Gasteiger partial charge in [-0.1, -0.05) is 18.2 Å². The number of ether oxygens (including phenoxy) is 1. The summed E-state index contributed by atoms with van der Waals surface area (Å²) in [6, 6.07) is 6.40. The number of benzene rings is 1. The molecule has 0 aliphatic carbocycles. The third kappa shape index (κ3) is 3.72. The van der Waals surface area contributed by atoms with E-state index in [-0.39, 0.29) is 5.69 Å². The highest BCUT2D eigenvalue weighted by Gasteiger charge is 2.61. The topological polar surface area (TPSA) is 75.6 Å². The summed E-state index contributed by atoms with van der Waals surface area (Å²) in [5.41, 5.74) is -2.97. The van der Waals surface area contributed by atoms with Gasteiger partial charge in [0.25, 0.3) is 5.60 Å². The van der Waals surface area contributed by atoms with Crippen LogP contribution in [0.3, 0.4) is 0 Å². The molecule has 0 fully saturated rings. The SMILES string of the molecule is COC(=O)[C@@](O)(CC(=O)Nc1ccccc1C)C(F)(F)F. The highest BCUT2D eigenvalue weighted by Crippen LogP contribution is 2.34. The zero-order valence-electron chi connectivity index (χ0n) is 11.3. The van der Waals surface area contributed by atoms with E-state index in [1.807, 2.05) is 0 Å². The van der Waals surface area contributed by atoms with Crippen molar-refractivity contribution in [1.82, 2.24) is 0 Å². The van der Waals surface area contributed by atoms with Crippen LogP contribution in [0.2, 0.25) is 0 Å². The van der Waals surface area contributed by atoms with Crippen LogP contribution in [0.1, 0.15) is 12.0 Å². The molecule has 0 saturated heterocycles. The highest BCUT2D eigenvalue weighted by atomic mass is 19.4. The number of methoxy groups -OCH3 is 1. The van der Waals surface area contributed by atoms with Gasteiger partial charge in [-0.15, -0.1) is 0 Å². The van der Waals surface area contributed by atoms with Crippen LogP contribution in [-0.2, 0) is 14.3 Å². The monoisotopic (exact) mass is 305 g/mol. The number of halogens is 3. The maximum atomic E-state index is 12.8. The fourth-order valence-electron chi connectivity index (χ4n) is 1.60. The van der Waals surface area contributed by atoms with Gasteiger partial charge in [0.05, 0.1) is 13.5 Å². The number of amides is 1. The average molecular weight is 305 g/mol. The summed E-state index contributed by atoms with van der Waals surface area (Å²) >= 11 is 0. The molecule has 8 heteroatoms. The summed E-state index contributed by atoms with van der Waals surface area (Å²) in [7, 11) is 0.693. The second kappa shape index (κ2) is 6.13. The second-order valence-corrected chi connectivity index (χ2v) is 4.39. The van der Waals surface area contributed by atoms with Crippen LogP contribution in [0.5, 0.6) is 0 Å². The van der Waals surface area contributed by atoms with Crippen molar-refractivity contribution in [3.63, 3.8) is 0 Å². The maximum Gasteiger partial charge on any atom is 0.428 e. The molecular weight excluding hydrogens is 291 g/mol. The summed E-state index contributed by atoms with van der Waals surface area (Å²) < 4.78 is 42.3. The second-order valence-electron chi connectivity index (χ2n) is 4.39. The average Bonchev–Trinajstić information content (AvgIpc) is 2.39. The predicted octanol–water partition coefficient (Wildman–Crippen LogP) is 1.79. The molecule has 0 aliphatic heterocycles. The molecular formula is C13H14F3NO4. The van der Waals surface area contributed by atoms with Gasteiger partial charge in [-0.25, -0.2) is 4.79 Å². The Morgan fingerprint density at radius 3 is 2.33 bits per heavy atom. The van der Waals surface area contributed by atoms with E-state index < -0.39 is 30.1 Å². The molecule has 116 valence electrons. The third-order valence-corrected chi connectivity index (χ3v) is 2.83. The summed E-state index contributed by atoms with van der Waals surface area (Å²) in [5.74, 6) is -3.09. The van der Waals surface area contributed by atoms with Crippen LogP contribution in [0.25, 0.3) is 0 Å². The van der Waals surface area contributed by atoms with E-state index in [1.165, 1.54) is 6.07 Å². The van der Waals surface area contributed by atoms with Gasteiger partial charge >= 0.3 is 12.1 Å². The molecule has 1 atom stereocenters. The van der Waals surface area contributed by atoms with E-state index >= 15 is 0 Å². The normalized spacial score (nSPS) is 14.2. The number of aryl methyl sites for hydroxylation is 1.